The van der Waals surface area contributed by atoms with Gasteiger partial charge in [0.05, 0.1) is 12.8 Å². The van der Waals surface area contributed by atoms with Gasteiger partial charge in [-0.25, -0.2) is 4.39 Å². The summed E-state index contributed by atoms with van der Waals surface area (Å²) in [7, 11) is -4.15. The van der Waals surface area contributed by atoms with Gasteiger partial charge in [0.2, 0.25) is 5.91 Å². The number of hydrogen-bond acceptors (Lipinski definition) is 5. The van der Waals surface area contributed by atoms with Crippen LogP contribution in [0.15, 0.2) is 76.2 Å². The lowest BCUT2D eigenvalue weighted by atomic mass is 10.2. The smallest absolute Gasteiger partial charge is 0.339 e. The van der Waals surface area contributed by atoms with Crippen molar-refractivity contribution in [2.45, 2.75) is 24.9 Å². The molecular formula is C20H18FNO5S. The van der Waals surface area contributed by atoms with Gasteiger partial charge >= 0.3 is 10.1 Å². The van der Waals surface area contributed by atoms with Crippen LogP contribution in [0, 0.1) is 5.82 Å². The van der Waals surface area contributed by atoms with E-state index in [-0.39, 0.29) is 29.6 Å². The minimum atomic E-state index is -4.15. The lowest BCUT2D eigenvalue weighted by molar-refractivity contribution is -0.130. The second kappa shape index (κ2) is 8.26. The van der Waals surface area contributed by atoms with Crippen LogP contribution < -0.4 is 4.18 Å². The van der Waals surface area contributed by atoms with Crippen LogP contribution in [0.3, 0.4) is 0 Å². The third-order valence-corrected chi connectivity index (χ3v) is 5.26. The fourth-order valence-corrected chi connectivity index (χ4v) is 3.52. The number of carbonyl (C=O) groups excluding carboxylic acids is 1. The molecule has 1 aromatic heterocycles. The highest BCUT2D eigenvalue weighted by Crippen LogP contribution is 2.25. The zero-order valence-corrected chi connectivity index (χ0v) is 15.9. The number of halogens is 1. The second-order valence-electron chi connectivity index (χ2n) is 6.05. The van der Waals surface area contributed by atoms with E-state index in [9.17, 15) is 17.6 Å². The maximum absolute atomic E-state index is 13.1. The standard InChI is InChI=1S/C20H18FNO5S/c1-15(23)22(14-18-6-4-12-26-18)13-16-5-2-3-7-20(16)27-28(24,25)19-10-8-17(21)9-11-19/h2-12H,13-14H2,1H3. The molecule has 8 heteroatoms. The van der Waals surface area contributed by atoms with Crippen molar-refractivity contribution in [1.82, 2.24) is 4.90 Å². The van der Waals surface area contributed by atoms with E-state index < -0.39 is 15.9 Å². The van der Waals surface area contributed by atoms with E-state index in [0.717, 1.165) is 24.3 Å². The van der Waals surface area contributed by atoms with Crippen LogP contribution in [0.2, 0.25) is 0 Å². The van der Waals surface area contributed by atoms with E-state index in [2.05, 4.69) is 0 Å². The molecule has 0 atom stereocenters. The van der Waals surface area contributed by atoms with Gasteiger partial charge in [-0.05, 0) is 42.5 Å². The molecule has 3 rings (SSSR count). The van der Waals surface area contributed by atoms with Crippen molar-refractivity contribution in [3.8, 4) is 5.75 Å². The highest BCUT2D eigenvalue weighted by atomic mass is 32.2. The monoisotopic (exact) mass is 403 g/mol. The predicted molar refractivity (Wildman–Crippen MR) is 99.3 cm³/mol. The summed E-state index contributed by atoms with van der Waals surface area (Å²) in [6.07, 6.45) is 1.51. The van der Waals surface area contributed by atoms with Crippen molar-refractivity contribution >= 4 is 16.0 Å². The summed E-state index contributed by atoms with van der Waals surface area (Å²) in [4.78, 5) is 13.4. The molecule has 0 N–H and O–H groups in total. The Balaban J connectivity index is 1.84. The maximum Gasteiger partial charge on any atom is 0.339 e. The zero-order valence-electron chi connectivity index (χ0n) is 15.0. The average molecular weight is 403 g/mol. The highest BCUT2D eigenvalue weighted by molar-refractivity contribution is 7.87. The third-order valence-electron chi connectivity index (χ3n) is 4.01. The SMILES string of the molecule is CC(=O)N(Cc1ccco1)Cc1ccccc1OS(=O)(=O)c1ccc(F)cc1. The molecule has 6 nitrogen and oxygen atoms in total. The first-order valence-corrected chi connectivity index (χ1v) is 9.82. The molecule has 146 valence electrons. The van der Waals surface area contributed by atoms with Gasteiger partial charge in [0.1, 0.15) is 22.2 Å². The lowest BCUT2D eigenvalue weighted by Crippen LogP contribution is -2.27. The summed E-state index contributed by atoms with van der Waals surface area (Å²) < 4.78 is 48.6. The maximum atomic E-state index is 13.1. The van der Waals surface area contributed by atoms with E-state index in [1.54, 1.807) is 30.3 Å². The van der Waals surface area contributed by atoms with Crippen molar-refractivity contribution < 1.29 is 26.2 Å². The van der Waals surface area contributed by atoms with Gasteiger partial charge in [0, 0.05) is 19.0 Å². The molecule has 0 radical (unpaired) electrons. The molecule has 0 saturated carbocycles. The van der Waals surface area contributed by atoms with Crippen LogP contribution in [-0.2, 0) is 28.0 Å². The second-order valence-corrected chi connectivity index (χ2v) is 7.60. The van der Waals surface area contributed by atoms with Crippen molar-refractivity contribution in [3.05, 3.63) is 84.1 Å². The zero-order chi connectivity index (χ0) is 20.1. The number of hydrogen-bond donors (Lipinski definition) is 0. The molecular weight excluding hydrogens is 385 g/mol. The average Bonchev–Trinajstić information content (AvgIpc) is 3.16. The molecule has 0 aliphatic carbocycles. The fourth-order valence-electron chi connectivity index (χ4n) is 2.56. The van der Waals surface area contributed by atoms with Crippen LogP contribution in [0.5, 0.6) is 5.75 Å². The Hall–Kier alpha value is -3.13. The molecule has 0 bridgehead atoms. The molecule has 0 aliphatic heterocycles. The molecule has 28 heavy (non-hydrogen) atoms. The van der Waals surface area contributed by atoms with E-state index in [4.69, 9.17) is 8.60 Å². The van der Waals surface area contributed by atoms with Crippen molar-refractivity contribution in [3.63, 3.8) is 0 Å². The van der Waals surface area contributed by atoms with Gasteiger partial charge in [0.15, 0.2) is 0 Å². The highest BCUT2D eigenvalue weighted by Gasteiger charge is 2.20. The number of furan rings is 1. The molecule has 0 saturated heterocycles. The topological polar surface area (TPSA) is 76.8 Å². The molecule has 1 heterocycles. The van der Waals surface area contributed by atoms with Gasteiger partial charge in [-0.2, -0.15) is 8.42 Å². The van der Waals surface area contributed by atoms with Gasteiger partial charge < -0.3 is 13.5 Å². The summed E-state index contributed by atoms with van der Waals surface area (Å²) in [6, 6.07) is 14.3. The van der Waals surface area contributed by atoms with E-state index in [1.807, 2.05) is 0 Å². The minimum Gasteiger partial charge on any atom is -0.467 e. The number of nitrogens with zero attached hydrogens (tertiary/aromatic N) is 1. The first kappa shape index (κ1) is 19.6. The van der Waals surface area contributed by atoms with Gasteiger partial charge in [0.25, 0.3) is 0 Å². The van der Waals surface area contributed by atoms with Gasteiger partial charge in [-0.3, -0.25) is 4.79 Å². The Morgan fingerprint density at radius 1 is 1.04 bits per heavy atom. The Morgan fingerprint density at radius 3 is 2.39 bits per heavy atom. The predicted octanol–water partition coefficient (Wildman–Crippen LogP) is 3.74. The first-order valence-electron chi connectivity index (χ1n) is 8.41. The van der Waals surface area contributed by atoms with E-state index in [1.165, 1.54) is 24.2 Å². The summed E-state index contributed by atoms with van der Waals surface area (Å²) in [5.41, 5.74) is 0.509. The summed E-state index contributed by atoms with van der Waals surface area (Å²) >= 11 is 0. The van der Waals surface area contributed by atoms with Crippen LogP contribution in [0.25, 0.3) is 0 Å². The normalized spacial score (nSPS) is 11.2. The Morgan fingerprint density at radius 2 is 1.75 bits per heavy atom. The van der Waals surface area contributed by atoms with Gasteiger partial charge in [-0.15, -0.1) is 0 Å². The summed E-state index contributed by atoms with van der Waals surface area (Å²) in [6.45, 7) is 1.79. The Labute approximate surface area is 162 Å². The van der Waals surface area contributed by atoms with Crippen LogP contribution >= 0.6 is 0 Å². The Kier molecular flexibility index (Phi) is 5.79. The largest absolute Gasteiger partial charge is 0.467 e. The minimum absolute atomic E-state index is 0.0949. The molecule has 0 fully saturated rings. The summed E-state index contributed by atoms with van der Waals surface area (Å²) in [5, 5.41) is 0. The van der Waals surface area contributed by atoms with E-state index >= 15 is 0 Å². The van der Waals surface area contributed by atoms with Crippen LogP contribution in [0.4, 0.5) is 4.39 Å². The van der Waals surface area contributed by atoms with E-state index in [0.29, 0.717) is 11.3 Å². The lowest BCUT2D eigenvalue weighted by Gasteiger charge is -2.21. The molecule has 0 aliphatic rings. The van der Waals surface area contributed by atoms with Crippen molar-refractivity contribution in [1.29, 1.82) is 0 Å². The fraction of sp³-hybridized carbons (Fsp3) is 0.150. The summed E-state index contributed by atoms with van der Waals surface area (Å²) in [5.74, 6) is -0.0491. The van der Waals surface area contributed by atoms with Crippen molar-refractivity contribution in [2.75, 3.05) is 0 Å². The quantitative estimate of drug-likeness (QED) is 0.562. The number of amides is 1. The van der Waals surface area contributed by atoms with Crippen LogP contribution in [-0.4, -0.2) is 19.2 Å². The number of carbonyl (C=O) groups is 1. The molecule has 0 unspecified atom stereocenters. The molecule has 3 aromatic rings. The van der Waals surface area contributed by atoms with Gasteiger partial charge in [-0.1, -0.05) is 18.2 Å². The van der Waals surface area contributed by atoms with Crippen molar-refractivity contribution in [2.24, 2.45) is 0 Å². The van der Waals surface area contributed by atoms with Crippen LogP contribution in [0.1, 0.15) is 18.2 Å². The number of para-hydroxylation sites is 1. The molecule has 0 spiro atoms. The molecule has 2 aromatic carbocycles. The molecule has 1 amide bonds. The number of benzene rings is 2. The third kappa shape index (κ3) is 4.77. The number of rotatable bonds is 7. The Bertz CT molecular complexity index is 1050. The first-order chi connectivity index (χ1) is 13.3.